The van der Waals surface area contributed by atoms with Gasteiger partial charge in [-0.05, 0) is 18.6 Å². The Morgan fingerprint density at radius 1 is 1.22 bits per heavy atom. The SMILES string of the molecule is C=CCCSc1nnc2c(=O)n(-c3ccc(F)c(F)c3)ccn12. The molecular formula is C15H12F2N4OS. The van der Waals surface area contributed by atoms with Gasteiger partial charge in [-0.3, -0.25) is 13.8 Å². The molecule has 23 heavy (non-hydrogen) atoms. The third-order valence-corrected chi connectivity index (χ3v) is 4.15. The summed E-state index contributed by atoms with van der Waals surface area (Å²) in [5.41, 5.74) is -0.111. The minimum atomic E-state index is -1.02. The van der Waals surface area contributed by atoms with Gasteiger partial charge in [-0.25, -0.2) is 8.78 Å². The van der Waals surface area contributed by atoms with E-state index >= 15 is 0 Å². The third-order valence-electron chi connectivity index (χ3n) is 3.17. The van der Waals surface area contributed by atoms with Crippen LogP contribution in [0.3, 0.4) is 0 Å². The predicted molar refractivity (Wildman–Crippen MR) is 84.0 cm³/mol. The first-order valence-electron chi connectivity index (χ1n) is 6.77. The first kappa shape index (κ1) is 15.4. The van der Waals surface area contributed by atoms with E-state index < -0.39 is 17.2 Å². The Morgan fingerprint density at radius 3 is 2.78 bits per heavy atom. The van der Waals surface area contributed by atoms with E-state index in [-0.39, 0.29) is 11.3 Å². The lowest BCUT2D eigenvalue weighted by molar-refractivity contribution is 0.508. The van der Waals surface area contributed by atoms with E-state index in [1.165, 1.54) is 28.6 Å². The maximum absolute atomic E-state index is 13.4. The number of aromatic nitrogens is 4. The zero-order valence-corrected chi connectivity index (χ0v) is 12.8. The summed E-state index contributed by atoms with van der Waals surface area (Å²) in [6, 6.07) is 3.26. The van der Waals surface area contributed by atoms with Gasteiger partial charge in [0.05, 0.1) is 5.69 Å². The summed E-state index contributed by atoms with van der Waals surface area (Å²) in [7, 11) is 0. The molecule has 0 fully saturated rings. The summed E-state index contributed by atoms with van der Waals surface area (Å²) in [5.74, 6) is -1.21. The van der Waals surface area contributed by atoms with Gasteiger partial charge in [0.2, 0.25) is 5.65 Å². The van der Waals surface area contributed by atoms with Crippen LogP contribution in [0, 0.1) is 11.6 Å². The molecule has 118 valence electrons. The molecule has 0 spiro atoms. The quantitative estimate of drug-likeness (QED) is 0.409. The van der Waals surface area contributed by atoms with Gasteiger partial charge in [-0.2, -0.15) is 0 Å². The molecule has 0 saturated heterocycles. The largest absolute Gasteiger partial charge is 0.300 e. The number of thioether (sulfide) groups is 1. The highest BCUT2D eigenvalue weighted by atomic mass is 32.2. The Labute approximate surface area is 134 Å². The van der Waals surface area contributed by atoms with Crippen molar-refractivity contribution in [3.8, 4) is 5.69 Å². The summed E-state index contributed by atoms with van der Waals surface area (Å²) in [5, 5.41) is 8.47. The normalized spacial score (nSPS) is 11.0. The standard InChI is InChI=1S/C15H12F2N4OS/c1-2-3-8-23-15-19-18-13-14(22)20(6-7-21(13)15)10-4-5-11(16)12(17)9-10/h2,4-7,9H,1,3,8H2. The average Bonchev–Trinajstić information content (AvgIpc) is 2.95. The molecule has 0 aliphatic rings. The van der Waals surface area contributed by atoms with Crippen LogP contribution >= 0.6 is 11.8 Å². The molecule has 0 amide bonds. The minimum absolute atomic E-state index is 0.123. The Kier molecular flexibility index (Phi) is 4.24. The minimum Gasteiger partial charge on any atom is -0.279 e. The second-order valence-corrected chi connectivity index (χ2v) is 5.74. The molecule has 2 heterocycles. The third kappa shape index (κ3) is 2.89. The molecule has 0 unspecified atom stereocenters. The van der Waals surface area contributed by atoms with E-state index in [1.807, 2.05) is 0 Å². The lowest BCUT2D eigenvalue weighted by Crippen LogP contribution is -2.20. The summed E-state index contributed by atoms with van der Waals surface area (Å²) >= 11 is 1.46. The molecule has 0 N–H and O–H groups in total. The molecular weight excluding hydrogens is 322 g/mol. The summed E-state index contributed by atoms with van der Waals surface area (Å²) in [6.07, 6.45) is 5.70. The van der Waals surface area contributed by atoms with Crippen molar-refractivity contribution in [1.29, 1.82) is 0 Å². The van der Waals surface area contributed by atoms with Crippen LogP contribution in [0.4, 0.5) is 8.78 Å². The van der Waals surface area contributed by atoms with E-state index in [9.17, 15) is 13.6 Å². The second-order valence-electron chi connectivity index (χ2n) is 4.67. The molecule has 8 heteroatoms. The fraction of sp³-hybridized carbons (Fsp3) is 0.133. The van der Waals surface area contributed by atoms with E-state index in [0.717, 1.165) is 24.3 Å². The number of allylic oxidation sites excluding steroid dienone is 1. The molecule has 0 saturated carbocycles. The zero-order chi connectivity index (χ0) is 16.4. The molecule has 2 aromatic heterocycles. The highest BCUT2D eigenvalue weighted by Crippen LogP contribution is 2.17. The first-order chi connectivity index (χ1) is 11.1. The number of halogens is 2. The van der Waals surface area contributed by atoms with Crippen molar-refractivity contribution in [1.82, 2.24) is 19.2 Å². The topological polar surface area (TPSA) is 52.2 Å². The van der Waals surface area contributed by atoms with Crippen molar-refractivity contribution in [3.63, 3.8) is 0 Å². The summed E-state index contributed by atoms with van der Waals surface area (Å²) in [4.78, 5) is 12.5. The Bertz CT molecular complexity index is 935. The van der Waals surface area contributed by atoms with Gasteiger partial charge >= 0.3 is 5.56 Å². The summed E-state index contributed by atoms with van der Waals surface area (Å²) in [6.45, 7) is 3.65. The van der Waals surface area contributed by atoms with Crippen molar-refractivity contribution in [3.05, 3.63) is 65.2 Å². The molecule has 1 aromatic carbocycles. The lowest BCUT2D eigenvalue weighted by Gasteiger charge is -2.06. The summed E-state index contributed by atoms with van der Waals surface area (Å²) < 4.78 is 29.1. The molecule has 0 bridgehead atoms. The van der Waals surface area contributed by atoms with Crippen LogP contribution in [-0.2, 0) is 0 Å². The van der Waals surface area contributed by atoms with E-state index in [1.54, 1.807) is 16.7 Å². The fourth-order valence-electron chi connectivity index (χ4n) is 2.04. The zero-order valence-electron chi connectivity index (χ0n) is 11.9. The van der Waals surface area contributed by atoms with E-state index in [4.69, 9.17) is 0 Å². The Morgan fingerprint density at radius 2 is 2.04 bits per heavy atom. The van der Waals surface area contributed by atoms with Crippen molar-refractivity contribution < 1.29 is 8.78 Å². The van der Waals surface area contributed by atoms with Crippen molar-refractivity contribution in [2.75, 3.05) is 5.75 Å². The Balaban J connectivity index is 2.04. The van der Waals surface area contributed by atoms with Gasteiger partial charge < -0.3 is 0 Å². The van der Waals surface area contributed by atoms with Gasteiger partial charge in [0, 0.05) is 24.2 Å². The van der Waals surface area contributed by atoms with E-state index in [0.29, 0.717) is 5.16 Å². The maximum Gasteiger partial charge on any atom is 0.300 e. The van der Waals surface area contributed by atoms with Crippen LogP contribution in [0.15, 0.2) is 53.2 Å². The molecule has 3 rings (SSSR count). The van der Waals surface area contributed by atoms with Crippen LogP contribution in [0.5, 0.6) is 0 Å². The van der Waals surface area contributed by atoms with Crippen LogP contribution in [0.1, 0.15) is 6.42 Å². The average molecular weight is 334 g/mol. The van der Waals surface area contributed by atoms with Crippen LogP contribution in [0.2, 0.25) is 0 Å². The van der Waals surface area contributed by atoms with Crippen molar-refractivity contribution in [2.24, 2.45) is 0 Å². The number of hydrogen-bond donors (Lipinski definition) is 0. The number of rotatable bonds is 5. The number of fused-ring (bicyclic) bond motifs is 1. The molecule has 3 aromatic rings. The van der Waals surface area contributed by atoms with Gasteiger partial charge in [0.1, 0.15) is 0 Å². The first-order valence-corrected chi connectivity index (χ1v) is 7.76. The smallest absolute Gasteiger partial charge is 0.279 e. The van der Waals surface area contributed by atoms with Gasteiger partial charge in [0.15, 0.2) is 16.8 Å². The molecule has 0 aliphatic carbocycles. The predicted octanol–water partition coefficient (Wildman–Crippen LogP) is 2.83. The van der Waals surface area contributed by atoms with Crippen LogP contribution < -0.4 is 5.56 Å². The van der Waals surface area contributed by atoms with Gasteiger partial charge in [-0.15, -0.1) is 16.8 Å². The number of nitrogens with zero attached hydrogens (tertiary/aromatic N) is 4. The van der Waals surface area contributed by atoms with Crippen LogP contribution in [-0.4, -0.2) is 24.9 Å². The number of benzene rings is 1. The number of hydrogen-bond acceptors (Lipinski definition) is 4. The van der Waals surface area contributed by atoms with Crippen LogP contribution in [0.25, 0.3) is 11.3 Å². The highest BCUT2D eigenvalue weighted by molar-refractivity contribution is 7.99. The monoisotopic (exact) mass is 334 g/mol. The van der Waals surface area contributed by atoms with Gasteiger partial charge in [0.25, 0.3) is 0 Å². The van der Waals surface area contributed by atoms with Crippen molar-refractivity contribution in [2.45, 2.75) is 11.6 Å². The Hall–Kier alpha value is -2.48. The molecule has 0 radical (unpaired) electrons. The maximum atomic E-state index is 13.4. The lowest BCUT2D eigenvalue weighted by atomic mass is 10.3. The van der Waals surface area contributed by atoms with Crippen molar-refractivity contribution >= 4 is 17.4 Å². The fourth-order valence-corrected chi connectivity index (χ4v) is 2.89. The second kappa shape index (κ2) is 6.33. The molecule has 0 atom stereocenters. The highest BCUT2D eigenvalue weighted by Gasteiger charge is 2.12. The molecule has 5 nitrogen and oxygen atoms in total. The molecule has 0 aliphatic heterocycles. The van der Waals surface area contributed by atoms with Gasteiger partial charge in [-0.1, -0.05) is 17.8 Å². The van der Waals surface area contributed by atoms with E-state index in [2.05, 4.69) is 16.8 Å².